The van der Waals surface area contributed by atoms with E-state index in [1.54, 1.807) is 35.9 Å². The first kappa shape index (κ1) is 39.4. The van der Waals surface area contributed by atoms with Crippen LogP contribution < -0.4 is 13.6 Å². The molecule has 0 radical (unpaired) electrons. The van der Waals surface area contributed by atoms with E-state index < -0.39 is 31.3 Å². The Morgan fingerprint density at radius 1 is 0.483 bits per heavy atom. The molecule has 9 rings (SSSR count). The number of aryl methyl sites for hydroxylation is 2. The summed E-state index contributed by atoms with van der Waals surface area (Å²) in [7, 11) is -0.636. The molecule has 6 aromatic rings. The van der Waals surface area contributed by atoms with Gasteiger partial charge in [-0.2, -0.15) is 0 Å². The summed E-state index contributed by atoms with van der Waals surface area (Å²) in [5.41, 5.74) is 26.7. The van der Waals surface area contributed by atoms with E-state index in [1.807, 2.05) is 0 Å². The van der Waals surface area contributed by atoms with E-state index in [2.05, 4.69) is 185 Å². The molecular weight excluding hydrogens is 792 g/mol. The minimum atomic E-state index is -2.93. The van der Waals surface area contributed by atoms with Crippen molar-refractivity contribution >= 4 is 35.3 Å². The van der Waals surface area contributed by atoms with E-state index in [0.29, 0.717) is 19.1 Å². The minimum absolute atomic E-state index is 0.457. The summed E-state index contributed by atoms with van der Waals surface area (Å²) in [6.45, 7) is 23.7. The topological polar surface area (TPSA) is 0 Å². The Kier molecular flexibility index (Phi) is 10.5. The van der Waals surface area contributed by atoms with Crippen molar-refractivity contribution in [3.63, 3.8) is 0 Å². The van der Waals surface area contributed by atoms with Crippen LogP contribution in [0.3, 0.4) is 0 Å². The number of hydrogen-bond acceptors (Lipinski definition) is 0. The van der Waals surface area contributed by atoms with Crippen LogP contribution in [0.4, 0.5) is 0 Å². The number of hydrogen-bond donors (Lipinski definition) is 0. The number of rotatable bonds is 9. The van der Waals surface area contributed by atoms with Crippen LogP contribution in [0.15, 0.2) is 114 Å². The molecule has 0 spiro atoms. The van der Waals surface area contributed by atoms with Gasteiger partial charge < -0.3 is 0 Å². The molecule has 1 heterocycles. The third-order valence-corrected chi connectivity index (χ3v) is 26.9. The molecule has 2 heteroatoms. The molecular formula is C56H59SiZr. The van der Waals surface area contributed by atoms with Gasteiger partial charge in [0, 0.05) is 0 Å². The van der Waals surface area contributed by atoms with Crippen LogP contribution in [0.25, 0.3) is 45.5 Å². The van der Waals surface area contributed by atoms with Gasteiger partial charge >= 0.3 is 362 Å². The number of benzene rings is 6. The fourth-order valence-electron chi connectivity index (χ4n) is 10.7. The molecule has 0 saturated heterocycles. The molecule has 0 fully saturated rings. The number of allylic oxidation sites excluding steroid dienone is 2. The van der Waals surface area contributed by atoms with Crippen molar-refractivity contribution in [1.29, 1.82) is 0 Å². The fourth-order valence-corrected chi connectivity index (χ4v) is 25.2. The van der Waals surface area contributed by atoms with Gasteiger partial charge in [0.2, 0.25) is 0 Å². The van der Waals surface area contributed by atoms with E-state index in [4.69, 9.17) is 0 Å². The Balaban J connectivity index is 1.34. The third-order valence-electron chi connectivity index (χ3n) is 15.0. The van der Waals surface area contributed by atoms with Crippen LogP contribution in [0, 0.1) is 53.4 Å². The summed E-state index contributed by atoms with van der Waals surface area (Å²) >= 11 is -2.93. The van der Waals surface area contributed by atoms with Crippen molar-refractivity contribution in [2.24, 2.45) is 11.8 Å². The molecule has 0 nitrogen and oxygen atoms in total. The molecule has 0 saturated carbocycles. The van der Waals surface area contributed by atoms with Crippen LogP contribution in [0.5, 0.6) is 0 Å². The average molecular weight is 851 g/mol. The maximum atomic E-state index is 2.71. The Labute approximate surface area is 359 Å². The SMILES string of the molecule is CCC(C)C1=Cc2c(-c3ccc(C)c(C)c3C)cccc2[CH]1[Zr]([c]1cccc2c1[SiH2]c1ccccc1-2)[CH]1C(C(C)CC)=Cc2c(-c3ccc(C)c(C)c3C)cccc21. The molecule has 1 aliphatic heterocycles. The molecule has 0 bridgehead atoms. The Morgan fingerprint density at radius 2 is 0.948 bits per heavy atom. The quantitative estimate of drug-likeness (QED) is 0.127. The molecule has 2 aliphatic carbocycles. The van der Waals surface area contributed by atoms with Crippen LogP contribution in [0.1, 0.15) is 103 Å². The molecule has 4 atom stereocenters. The van der Waals surface area contributed by atoms with Gasteiger partial charge in [-0.3, -0.25) is 0 Å². The summed E-state index contributed by atoms with van der Waals surface area (Å²) < 4.78 is 2.71. The third kappa shape index (κ3) is 6.23. The predicted octanol–water partition coefficient (Wildman–Crippen LogP) is 12.6. The summed E-state index contributed by atoms with van der Waals surface area (Å²) in [4.78, 5) is 0. The van der Waals surface area contributed by atoms with E-state index in [0.717, 1.165) is 12.8 Å². The standard InChI is InChI=1S/2C22H25.C12H9Si.Zr/c2*1-6-14(2)19-12-18-8-7-9-21(22(18)13-19)20-11-10-15(3)16(4)17(20)5;1-3-7-11-9(5-1)10-6-2-4-8-12(10)13-11;/h2*7-14H,6H2,1-5H3;1-7H,13H2;. The van der Waals surface area contributed by atoms with E-state index in [9.17, 15) is 0 Å². The van der Waals surface area contributed by atoms with Gasteiger partial charge in [0.1, 0.15) is 0 Å². The summed E-state index contributed by atoms with van der Waals surface area (Å²) in [5, 5.41) is 3.39. The predicted molar refractivity (Wildman–Crippen MR) is 252 cm³/mol. The second-order valence-electron chi connectivity index (χ2n) is 17.9. The van der Waals surface area contributed by atoms with Crippen molar-refractivity contribution in [1.82, 2.24) is 0 Å². The van der Waals surface area contributed by atoms with Crippen molar-refractivity contribution in [3.05, 3.63) is 170 Å². The zero-order chi connectivity index (χ0) is 40.6. The first-order chi connectivity index (χ1) is 28.0. The average Bonchev–Trinajstić information content (AvgIpc) is 3.94. The molecule has 4 unspecified atom stereocenters. The first-order valence-electron chi connectivity index (χ1n) is 21.9. The van der Waals surface area contributed by atoms with E-state index in [-0.39, 0.29) is 0 Å². The Bertz CT molecular complexity index is 2550. The summed E-state index contributed by atoms with van der Waals surface area (Å²) in [5.74, 6) is 1.02. The van der Waals surface area contributed by atoms with Crippen molar-refractivity contribution in [2.75, 3.05) is 0 Å². The van der Waals surface area contributed by atoms with Gasteiger partial charge in [0.15, 0.2) is 0 Å². The van der Waals surface area contributed by atoms with Gasteiger partial charge in [-0.05, 0) is 0 Å². The summed E-state index contributed by atoms with van der Waals surface area (Å²) in [6, 6.07) is 41.2. The van der Waals surface area contributed by atoms with Crippen LogP contribution in [-0.2, 0) is 21.8 Å². The number of fused-ring (bicyclic) bond motifs is 5. The van der Waals surface area contributed by atoms with Gasteiger partial charge in [-0.15, -0.1) is 0 Å². The normalized spacial score (nSPS) is 17.7. The van der Waals surface area contributed by atoms with Crippen molar-refractivity contribution in [3.8, 4) is 33.4 Å². The zero-order valence-corrected chi connectivity index (χ0v) is 40.3. The zero-order valence-electron chi connectivity index (χ0n) is 36.4. The van der Waals surface area contributed by atoms with Gasteiger partial charge in [0.25, 0.3) is 0 Å². The first-order valence-corrected chi connectivity index (χ1v) is 27.4. The van der Waals surface area contributed by atoms with Crippen LogP contribution in [0.2, 0.25) is 0 Å². The van der Waals surface area contributed by atoms with Gasteiger partial charge in [-0.25, -0.2) is 0 Å². The molecule has 58 heavy (non-hydrogen) atoms. The van der Waals surface area contributed by atoms with E-state index >= 15 is 0 Å². The van der Waals surface area contributed by atoms with Crippen molar-refractivity contribution in [2.45, 2.75) is 89.3 Å². The summed E-state index contributed by atoms with van der Waals surface area (Å²) in [6.07, 6.45) is 7.74. The molecule has 0 N–H and O–H groups in total. The second-order valence-corrected chi connectivity index (χ2v) is 26.1. The monoisotopic (exact) mass is 849 g/mol. The maximum absolute atomic E-state index is 2.93. The van der Waals surface area contributed by atoms with Crippen LogP contribution in [-0.4, -0.2) is 9.52 Å². The molecule has 3 aliphatic rings. The van der Waals surface area contributed by atoms with Gasteiger partial charge in [-0.1, -0.05) is 0 Å². The Morgan fingerprint density at radius 3 is 1.47 bits per heavy atom. The van der Waals surface area contributed by atoms with E-state index in [1.165, 1.54) is 77.9 Å². The molecule has 0 amide bonds. The van der Waals surface area contributed by atoms with Crippen LogP contribution >= 0.6 is 0 Å². The van der Waals surface area contributed by atoms with Crippen molar-refractivity contribution < 1.29 is 21.8 Å². The molecule has 291 valence electrons. The second kappa shape index (κ2) is 15.5. The van der Waals surface area contributed by atoms with Gasteiger partial charge in [0.05, 0.1) is 0 Å². The fraction of sp³-hybridized carbons (Fsp3) is 0.286. The Hall–Kier alpha value is -4.10. The molecule has 0 aromatic heterocycles. The molecule has 6 aromatic carbocycles.